The Morgan fingerprint density at radius 2 is 2.16 bits per heavy atom. The van der Waals surface area contributed by atoms with Crippen LogP contribution in [0.4, 0.5) is 10.1 Å². The van der Waals surface area contributed by atoms with Crippen molar-refractivity contribution in [3.05, 3.63) is 62.7 Å². The molecule has 1 spiro atoms. The van der Waals surface area contributed by atoms with Gasteiger partial charge in [0.2, 0.25) is 0 Å². The van der Waals surface area contributed by atoms with Gasteiger partial charge in [0.15, 0.2) is 5.69 Å². The van der Waals surface area contributed by atoms with Gasteiger partial charge in [-0.15, -0.1) is 0 Å². The summed E-state index contributed by atoms with van der Waals surface area (Å²) in [7, 11) is 0. The van der Waals surface area contributed by atoms with E-state index in [1.54, 1.807) is 11.5 Å². The van der Waals surface area contributed by atoms with Crippen molar-refractivity contribution in [2.75, 3.05) is 18.5 Å². The van der Waals surface area contributed by atoms with E-state index in [9.17, 15) is 19.1 Å². The highest BCUT2D eigenvalue weighted by atomic mass is 35.5. The molecule has 1 saturated heterocycles. The van der Waals surface area contributed by atoms with Gasteiger partial charge < -0.3 is 15.2 Å². The van der Waals surface area contributed by atoms with Gasteiger partial charge in [0, 0.05) is 18.7 Å². The summed E-state index contributed by atoms with van der Waals surface area (Å²) in [6, 6.07) is 4.92. The monoisotopic (exact) mass is 458 g/mol. The number of nitrogens with one attached hydrogen (secondary N) is 1. The molecule has 1 fully saturated rings. The first-order chi connectivity index (χ1) is 15.3. The van der Waals surface area contributed by atoms with Crippen molar-refractivity contribution in [2.45, 2.75) is 37.8 Å². The van der Waals surface area contributed by atoms with Crippen molar-refractivity contribution >= 4 is 34.2 Å². The minimum atomic E-state index is -1.25. The molecule has 32 heavy (non-hydrogen) atoms. The Morgan fingerprint density at radius 1 is 1.34 bits per heavy atom. The third kappa shape index (κ3) is 3.23. The lowest BCUT2D eigenvalue weighted by Gasteiger charge is -2.22. The number of halogens is 2. The number of fused-ring (bicyclic) bond motifs is 3. The number of benzene rings is 1. The summed E-state index contributed by atoms with van der Waals surface area (Å²) < 4.78 is 21.8. The summed E-state index contributed by atoms with van der Waals surface area (Å²) in [5, 5.41) is 12.8. The molecule has 0 bridgehead atoms. The second-order valence-electron chi connectivity index (χ2n) is 8.32. The van der Waals surface area contributed by atoms with Gasteiger partial charge in [-0.2, -0.15) is 0 Å². The van der Waals surface area contributed by atoms with E-state index in [0.29, 0.717) is 36.7 Å². The SMILES string of the molecule is C[C@@H](Nc1ccc(Cl)nc1C(=O)O)c1cc(F)cc2c(=O)n3c(nc12)[C@]1(CCOC1)CC3. The molecule has 2 aliphatic heterocycles. The van der Waals surface area contributed by atoms with Crippen LogP contribution >= 0.6 is 11.6 Å². The number of anilines is 1. The average molecular weight is 459 g/mol. The molecule has 0 aliphatic carbocycles. The molecule has 0 amide bonds. The zero-order valence-corrected chi connectivity index (χ0v) is 17.9. The summed E-state index contributed by atoms with van der Waals surface area (Å²) in [6.07, 6.45) is 1.54. The van der Waals surface area contributed by atoms with E-state index in [0.717, 1.165) is 12.8 Å². The minimum Gasteiger partial charge on any atom is -0.476 e. The van der Waals surface area contributed by atoms with Crippen LogP contribution in [0.3, 0.4) is 0 Å². The number of carbonyl (C=O) groups is 1. The van der Waals surface area contributed by atoms with Crippen LogP contribution in [-0.2, 0) is 16.7 Å². The average Bonchev–Trinajstić information content (AvgIpc) is 3.37. The molecule has 0 radical (unpaired) electrons. The third-order valence-electron chi connectivity index (χ3n) is 6.35. The molecule has 2 aromatic heterocycles. The van der Waals surface area contributed by atoms with Crippen LogP contribution in [0.15, 0.2) is 29.1 Å². The predicted molar refractivity (Wildman–Crippen MR) is 116 cm³/mol. The fourth-order valence-corrected chi connectivity index (χ4v) is 4.85. The molecule has 8 nitrogen and oxygen atoms in total. The van der Waals surface area contributed by atoms with Gasteiger partial charge in [-0.3, -0.25) is 9.36 Å². The first kappa shape index (κ1) is 20.8. The minimum absolute atomic E-state index is 0.0474. The van der Waals surface area contributed by atoms with Crippen molar-refractivity contribution in [1.82, 2.24) is 14.5 Å². The van der Waals surface area contributed by atoms with Gasteiger partial charge in [-0.05, 0) is 44.0 Å². The Balaban J connectivity index is 1.64. The third-order valence-corrected chi connectivity index (χ3v) is 6.56. The molecule has 2 atom stereocenters. The standard InChI is InChI=1S/C22H20ClFN4O4/c1-11(25-15-2-3-16(23)26-18(15)20(30)31)13-8-12(24)9-14-17(13)27-21-22(5-7-32-10-22)4-6-28(21)19(14)29/h2-3,8-9,11,25H,4-7,10H2,1H3,(H,30,31)/t11-,22+/m1/s1. The number of hydrogen-bond donors (Lipinski definition) is 2. The number of rotatable bonds is 4. The van der Waals surface area contributed by atoms with Crippen molar-refractivity contribution < 1.29 is 19.0 Å². The van der Waals surface area contributed by atoms with Gasteiger partial charge in [-0.25, -0.2) is 19.2 Å². The van der Waals surface area contributed by atoms with Crippen LogP contribution in [0.25, 0.3) is 10.9 Å². The summed E-state index contributed by atoms with van der Waals surface area (Å²) in [5.41, 5.74) is 0.251. The number of aromatic carboxylic acids is 1. The zero-order valence-electron chi connectivity index (χ0n) is 17.2. The Labute approximate surface area is 187 Å². The summed E-state index contributed by atoms with van der Waals surface area (Å²) >= 11 is 5.84. The van der Waals surface area contributed by atoms with Gasteiger partial charge in [0.25, 0.3) is 5.56 Å². The molecule has 2 aliphatic rings. The molecule has 0 saturated carbocycles. The first-order valence-electron chi connectivity index (χ1n) is 10.3. The molecular weight excluding hydrogens is 439 g/mol. The number of ether oxygens (including phenoxy) is 1. The molecule has 5 rings (SSSR count). The summed E-state index contributed by atoms with van der Waals surface area (Å²) in [4.78, 5) is 33.5. The topological polar surface area (TPSA) is 106 Å². The molecule has 166 valence electrons. The fraction of sp³-hybridized carbons (Fsp3) is 0.364. The van der Waals surface area contributed by atoms with Gasteiger partial charge >= 0.3 is 5.97 Å². The largest absolute Gasteiger partial charge is 0.476 e. The van der Waals surface area contributed by atoms with E-state index >= 15 is 0 Å². The maximum Gasteiger partial charge on any atom is 0.356 e. The molecule has 1 aromatic carbocycles. The number of hydrogen-bond acceptors (Lipinski definition) is 6. The number of carboxylic acids is 1. The smallest absolute Gasteiger partial charge is 0.356 e. The van der Waals surface area contributed by atoms with E-state index < -0.39 is 17.8 Å². The van der Waals surface area contributed by atoms with Crippen LogP contribution in [0.5, 0.6) is 0 Å². The van der Waals surface area contributed by atoms with Crippen LogP contribution in [0.1, 0.15) is 47.7 Å². The Hall–Kier alpha value is -3.04. The van der Waals surface area contributed by atoms with E-state index in [2.05, 4.69) is 10.3 Å². The van der Waals surface area contributed by atoms with Crippen molar-refractivity contribution in [3.8, 4) is 0 Å². The highest BCUT2D eigenvalue weighted by molar-refractivity contribution is 6.29. The Bertz CT molecular complexity index is 1320. The van der Waals surface area contributed by atoms with E-state index in [-0.39, 0.29) is 32.9 Å². The first-order valence-corrected chi connectivity index (χ1v) is 10.7. The van der Waals surface area contributed by atoms with Gasteiger partial charge in [0.05, 0.1) is 34.7 Å². The predicted octanol–water partition coefficient (Wildman–Crippen LogP) is 3.52. The van der Waals surface area contributed by atoms with Gasteiger partial charge in [-0.1, -0.05) is 11.6 Å². The number of nitrogens with zero attached hydrogens (tertiary/aromatic N) is 3. The fourth-order valence-electron chi connectivity index (χ4n) is 4.70. The van der Waals surface area contributed by atoms with Crippen LogP contribution in [0, 0.1) is 5.82 Å². The van der Waals surface area contributed by atoms with E-state index in [1.165, 1.54) is 24.3 Å². The lowest BCUT2D eigenvalue weighted by atomic mass is 9.85. The van der Waals surface area contributed by atoms with Crippen molar-refractivity contribution in [3.63, 3.8) is 0 Å². The molecule has 2 N–H and O–H groups in total. The Kier molecular flexibility index (Phi) is 4.90. The summed E-state index contributed by atoms with van der Waals surface area (Å²) in [6.45, 7) is 3.39. The lowest BCUT2D eigenvalue weighted by Crippen LogP contribution is -2.29. The van der Waals surface area contributed by atoms with Crippen molar-refractivity contribution in [2.24, 2.45) is 0 Å². The highest BCUT2D eigenvalue weighted by Crippen LogP contribution is 2.40. The molecule has 10 heteroatoms. The van der Waals surface area contributed by atoms with E-state index in [1.807, 2.05) is 0 Å². The molecule has 0 unspecified atom stereocenters. The maximum atomic E-state index is 14.5. The van der Waals surface area contributed by atoms with Crippen LogP contribution < -0.4 is 10.9 Å². The maximum absolute atomic E-state index is 14.5. The zero-order chi connectivity index (χ0) is 22.6. The Morgan fingerprint density at radius 3 is 2.88 bits per heavy atom. The van der Waals surface area contributed by atoms with E-state index in [4.69, 9.17) is 21.3 Å². The van der Waals surface area contributed by atoms with Crippen LogP contribution in [0.2, 0.25) is 5.15 Å². The lowest BCUT2D eigenvalue weighted by molar-refractivity contribution is 0.0691. The van der Waals surface area contributed by atoms with Gasteiger partial charge in [0.1, 0.15) is 16.8 Å². The molecule has 3 aromatic rings. The molecular formula is C22H20ClFN4O4. The summed E-state index contributed by atoms with van der Waals surface area (Å²) in [5.74, 6) is -1.14. The normalized spacial score (nSPS) is 20.6. The molecule has 4 heterocycles. The van der Waals surface area contributed by atoms with Crippen LogP contribution in [-0.4, -0.2) is 38.8 Å². The highest BCUT2D eigenvalue weighted by Gasteiger charge is 2.45. The number of aromatic nitrogens is 3. The van der Waals surface area contributed by atoms with Crippen molar-refractivity contribution in [1.29, 1.82) is 0 Å². The quantitative estimate of drug-likeness (QED) is 0.576. The number of pyridine rings is 1. The second kappa shape index (κ2) is 7.53. The second-order valence-corrected chi connectivity index (χ2v) is 8.70. The number of carboxylic acid groups (broad SMARTS) is 1.